The lowest BCUT2D eigenvalue weighted by Crippen LogP contribution is -2.25. The van der Waals surface area contributed by atoms with Gasteiger partial charge in [-0.25, -0.2) is 0 Å². The number of methoxy groups -OCH3 is 2. The molecule has 2 aromatic heterocycles. The van der Waals surface area contributed by atoms with Crippen LogP contribution < -0.4 is 9.64 Å². The van der Waals surface area contributed by atoms with E-state index in [9.17, 15) is 0 Å². The quantitative estimate of drug-likeness (QED) is 0.613. The molecule has 0 unspecified atom stereocenters. The topological polar surface area (TPSA) is 52.7 Å². The van der Waals surface area contributed by atoms with E-state index >= 15 is 0 Å². The van der Waals surface area contributed by atoms with Gasteiger partial charge in [0, 0.05) is 37.5 Å². The summed E-state index contributed by atoms with van der Waals surface area (Å²) in [6.07, 6.45) is 5.78. The molecule has 0 saturated carbocycles. The van der Waals surface area contributed by atoms with Crippen molar-refractivity contribution in [3.8, 4) is 5.75 Å². The van der Waals surface area contributed by atoms with Gasteiger partial charge in [-0.1, -0.05) is 0 Å². The molecule has 0 amide bonds. The average Bonchev–Trinajstić information content (AvgIpc) is 3.34. The zero-order valence-corrected chi connectivity index (χ0v) is 17.4. The number of nitrogens with zero attached hydrogens (tertiary/aromatic N) is 3. The molecule has 0 spiro atoms. The van der Waals surface area contributed by atoms with Gasteiger partial charge in [-0.05, 0) is 61.7 Å². The summed E-state index contributed by atoms with van der Waals surface area (Å²) in [4.78, 5) is 2.31. The molecule has 1 aliphatic rings. The molecule has 0 fully saturated rings. The fourth-order valence-electron chi connectivity index (χ4n) is 4.09. The Morgan fingerprint density at radius 3 is 2.83 bits per heavy atom. The summed E-state index contributed by atoms with van der Waals surface area (Å²) in [5.74, 6) is 2.70. The van der Waals surface area contributed by atoms with E-state index in [-0.39, 0.29) is 0 Å². The highest BCUT2D eigenvalue weighted by Crippen LogP contribution is 2.39. The molecule has 0 bridgehead atoms. The number of benzene rings is 1. The molecule has 152 valence electrons. The Labute approximate surface area is 171 Å². The van der Waals surface area contributed by atoms with Gasteiger partial charge in [0.2, 0.25) is 0 Å². The maximum absolute atomic E-state index is 5.54. The number of furan rings is 1. The van der Waals surface area contributed by atoms with E-state index < -0.39 is 0 Å². The number of fused-ring (bicyclic) bond motifs is 1. The molecular formula is C23H27N3O3. The minimum atomic E-state index is 0.494. The van der Waals surface area contributed by atoms with Crippen molar-refractivity contribution < 1.29 is 13.9 Å². The summed E-state index contributed by atoms with van der Waals surface area (Å²) in [5.41, 5.74) is 5.76. The second-order valence-corrected chi connectivity index (χ2v) is 7.30. The monoisotopic (exact) mass is 393 g/mol. The fourth-order valence-corrected chi connectivity index (χ4v) is 4.09. The maximum Gasteiger partial charge on any atom is 0.158 e. The Kier molecular flexibility index (Phi) is 5.45. The normalized spacial score (nSPS) is 14.2. The Morgan fingerprint density at radius 2 is 2.14 bits per heavy atom. The number of ether oxygens (including phenoxy) is 2. The van der Waals surface area contributed by atoms with Crippen LogP contribution in [0.1, 0.15) is 29.0 Å². The first-order valence-corrected chi connectivity index (χ1v) is 9.83. The van der Waals surface area contributed by atoms with Gasteiger partial charge in [0.05, 0.1) is 25.7 Å². The average molecular weight is 393 g/mol. The van der Waals surface area contributed by atoms with Crippen molar-refractivity contribution in [1.82, 2.24) is 9.78 Å². The predicted molar refractivity (Wildman–Crippen MR) is 115 cm³/mol. The number of anilines is 2. The van der Waals surface area contributed by atoms with Gasteiger partial charge in [-0.3, -0.25) is 4.68 Å². The first-order chi connectivity index (χ1) is 14.1. The third kappa shape index (κ3) is 3.68. The summed E-state index contributed by atoms with van der Waals surface area (Å²) >= 11 is 0. The molecule has 1 aromatic carbocycles. The fraction of sp³-hybridized carbons (Fsp3) is 0.348. The van der Waals surface area contributed by atoms with E-state index in [0.29, 0.717) is 6.61 Å². The van der Waals surface area contributed by atoms with Gasteiger partial charge in [0.15, 0.2) is 5.82 Å². The van der Waals surface area contributed by atoms with Gasteiger partial charge >= 0.3 is 0 Å². The second-order valence-electron chi connectivity index (χ2n) is 7.30. The van der Waals surface area contributed by atoms with Crippen LogP contribution in [0, 0.1) is 6.92 Å². The molecule has 0 saturated heterocycles. The molecule has 1 aliphatic heterocycles. The Morgan fingerprint density at radius 1 is 1.28 bits per heavy atom. The number of aromatic nitrogens is 2. The van der Waals surface area contributed by atoms with Crippen LogP contribution in [0.4, 0.5) is 11.5 Å². The van der Waals surface area contributed by atoms with Gasteiger partial charge in [0.25, 0.3) is 0 Å². The molecule has 3 heterocycles. The smallest absolute Gasteiger partial charge is 0.158 e. The first kappa shape index (κ1) is 19.3. The lowest BCUT2D eigenvalue weighted by molar-refractivity contribution is 0.239. The zero-order valence-electron chi connectivity index (χ0n) is 17.4. The van der Waals surface area contributed by atoms with E-state index in [1.165, 1.54) is 16.8 Å². The van der Waals surface area contributed by atoms with Gasteiger partial charge in [0.1, 0.15) is 11.5 Å². The summed E-state index contributed by atoms with van der Waals surface area (Å²) in [5, 5.41) is 4.91. The zero-order chi connectivity index (χ0) is 20.4. The van der Waals surface area contributed by atoms with Crippen molar-refractivity contribution in [3.05, 3.63) is 59.2 Å². The molecule has 4 rings (SSSR count). The van der Waals surface area contributed by atoms with Crippen LogP contribution in [-0.2, 0) is 18.2 Å². The van der Waals surface area contributed by atoms with Crippen molar-refractivity contribution in [2.45, 2.75) is 19.8 Å². The van der Waals surface area contributed by atoms with Gasteiger partial charge in [-0.2, -0.15) is 5.10 Å². The van der Waals surface area contributed by atoms with Crippen LogP contribution in [0.15, 0.2) is 41.0 Å². The largest absolute Gasteiger partial charge is 0.497 e. The van der Waals surface area contributed by atoms with Crippen molar-refractivity contribution >= 4 is 23.2 Å². The molecule has 6 nitrogen and oxygen atoms in total. The highest BCUT2D eigenvalue weighted by Gasteiger charge is 2.28. The highest BCUT2D eigenvalue weighted by molar-refractivity contribution is 5.84. The van der Waals surface area contributed by atoms with E-state index in [4.69, 9.17) is 19.0 Å². The van der Waals surface area contributed by atoms with E-state index in [1.807, 2.05) is 36.0 Å². The second kappa shape index (κ2) is 8.17. The van der Waals surface area contributed by atoms with Crippen LogP contribution in [0.2, 0.25) is 0 Å². The Hall–Kier alpha value is -2.99. The molecule has 3 aromatic rings. The van der Waals surface area contributed by atoms with Crippen molar-refractivity contribution in [3.63, 3.8) is 0 Å². The lowest BCUT2D eigenvalue weighted by Gasteiger charge is -2.29. The maximum atomic E-state index is 5.54. The number of hydrogen-bond acceptors (Lipinski definition) is 5. The summed E-state index contributed by atoms with van der Waals surface area (Å²) in [7, 11) is 5.41. The van der Waals surface area contributed by atoms with Crippen molar-refractivity contribution in [2.24, 2.45) is 7.05 Å². The summed E-state index contributed by atoms with van der Waals surface area (Å²) in [6.45, 7) is 3.55. The van der Waals surface area contributed by atoms with E-state index in [2.05, 4.69) is 24.0 Å². The molecule has 0 N–H and O–H groups in total. The molecule has 0 radical (unpaired) electrons. The first-order valence-electron chi connectivity index (χ1n) is 9.83. The summed E-state index contributed by atoms with van der Waals surface area (Å²) < 4.78 is 18.4. The molecule has 0 atom stereocenters. The molecule has 6 heteroatoms. The van der Waals surface area contributed by atoms with Crippen LogP contribution in [0.25, 0.3) is 11.6 Å². The summed E-state index contributed by atoms with van der Waals surface area (Å²) in [6, 6.07) is 10.0. The number of rotatable bonds is 6. The van der Waals surface area contributed by atoms with Gasteiger partial charge in [-0.15, -0.1) is 0 Å². The number of hydrogen-bond donors (Lipinski definition) is 0. The standard InChI is InChI=1S/C23H27N3O3/c1-16-13-18(28-4)9-10-21(16)26-11-5-8-20-22(25(2)24-23(20)26)17(15-27-3)14-19-7-6-12-29-19/h6-7,9-10,12-14H,5,8,11,15H2,1-4H3/b17-14+. The van der Waals surface area contributed by atoms with Crippen molar-refractivity contribution in [2.75, 3.05) is 32.3 Å². The van der Waals surface area contributed by atoms with Crippen LogP contribution in [-0.4, -0.2) is 37.2 Å². The molecule has 29 heavy (non-hydrogen) atoms. The van der Waals surface area contributed by atoms with Crippen LogP contribution in [0.5, 0.6) is 5.75 Å². The van der Waals surface area contributed by atoms with Crippen LogP contribution >= 0.6 is 0 Å². The SMILES string of the molecule is COC/C(=C\c1ccco1)c1c2c(nn1C)N(c1ccc(OC)cc1C)CCC2. The van der Waals surface area contributed by atoms with Crippen molar-refractivity contribution in [1.29, 1.82) is 0 Å². The molecule has 0 aliphatic carbocycles. The van der Waals surface area contributed by atoms with Gasteiger partial charge < -0.3 is 18.8 Å². The number of aryl methyl sites for hydroxylation is 2. The third-order valence-electron chi connectivity index (χ3n) is 5.35. The highest BCUT2D eigenvalue weighted by atomic mass is 16.5. The van der Waals surface area contributed by atoms with E-state index in [0.717, 1.165) is 48.0 Å². The minimum absolute atomic E-state index is 0.494. The Balaban J connectivity index is 1.79. The lowest BCUT2D eigenvalue weighted by atomic mass is 9.99. The van der Waals surface area contributed by atoms with E-state index in [1.54, 1.807) is 20.5 Å². The molecular weight excluding hydrogens is 366 g/mol. The van der Waals surface area contributed by atoms with Crippen LogP contribution in [0.3, 0.4) is 0 Å². The Bertz CT molecular complexity index is 1020. The third-order valence-corrected chi connectivity index (χ3v) is 5.35. The minimum Gasteiger partial charge on any atom is -0.497 e. The predicted octanol–water partition coefficient (Wildman–Crippen LogP) is 4.60.